The molecule has 2 N–H and O–H groups in total. The van der Waals surface area contributed by atoms with Crippen molar-refractivity contribution >= 4 is 35.6 Å². The van der Waals surface area contributed by atoms with Gasteiger partial charge in [0.25, 0.3) is 0 Å². The van der Waals surface area contributed by atoms with Gasteiger partial charge in [-0.15, -0.1) is 24.0 Å². The van der Waals surface area contributed by atoms with Crippen LogP contribution in [0.15, 0.2) is 53.5 Å². The summed E-state index contributed by atoms with van der Waals surface area (Å²) in [6.07, 6.45) is 1.06. The number of rotatable bonds is 9. The van der Waals surface area contributed by atoms with Crippen molar-refractivity contribution in [1.82, 2.24) is 10.6 Å². The molecule has 0 amide bonds. The zero-order valence-electron chi connectivity index (χ0n) is 18.8. The molecule has 1 heterocycles. The van der Waals surface area contributed by atoms with E-state index in [1.165, 1.54) is 11.1 Å². The van der Waals surface area contributed by atoms with Gasteiger partial charge in [0.2, 0.25) is 0 Å². The van der Waals surface area contributed by atoms with Gasteiger partial charge in [-0.3, -0.25) is 0 Å². The first-order chi connectivity index (χ1) is 14.7. The smallest absolute Gasteiger partial charge is 0.191 e. The van der Waals surface area contributed by atoms with Crippen molar-refractivity contribution in [2.45, 2.75) is 39.5 Å². The monoisotopic (exact) mass is 538 g/mol. The van der Waals surface area contributed by atoms with E-state index < -0.39 is 0 Å². The van der Waals surface area contributed by atoms with E-state index in [1.54, 1.807) is 7.11 Å². The van der Waals surface area contributed by atoms with E-state index in [4.69, 9.17) is 14.5 Å². The van der Waals surface area contributed by atoms with Gasteiger partial charge in [0.1, 0.15) is 5.75 Å². The van der Waals surface area contributed by atoms with Gasteiger partial charge in [0.05, 0.1) is 25.9 Å². The lowest BCUT2D eigenvalue weighted by Gasteiger charge is -2.22. The summed E-state index contributed by atoms with van der Waals surface area (Å²) in [6.45, 7) is 8.83. The summed E-state index contributed by atoms with van der Waals surface area (Å²) >= 11 is 0. The van der Waals surface area contributed by atoms with Gasteiger partial charge < -0.3 is 25.0 Å². The van der Waals surface area contributed by atoms with Crippen LogP contribution in [0.5, 0.6) is 5.75 Å². The Morgan fingerprint density at radius 2 is 1.84 bits per heavy atom. The molecule has 7 heteroatoms. The fraction of sp³-hybridized carbons (Fsp3) is 0.458. The van der Waals surface area contributed by atoms with E-state index in [9.17, 15) is 0 Å². The SMILES string of the molecule is CCNC(=NCc1ccccc1COCC)NC1CCN(c2ccccc2OC)C1.I. The number of methoxy groups -OCH3 is 1. The maximum Gasteiger partial charge on any atom is 0.191 e. The summed E-state index contributed by atoms with van der Waals surface area (Å²) in [7, 11) is 1.73. The van der Waals surface area contributed by atoms with Gasteiger partial charge in [0, 0.05) is 32.3 Å². The second kappa shape index (κ2) is 13.4. The number of nitrogens with zero attached hydrogens (tertiary/aromatic N) is 2. The third kappa shape index (κ3) is 7.28. The highest BCUT2D eigenvalue weighted by Crippen LogP contribution is 2.30. The summed E-state index contributed by atoms with van der Waals surface area (Å²) in [5.74, 6) is 1.78. The van der Waals surface area contributed by atoms with Crippen LogP contribution in [-0.4, -0.2) is 45.4 Å². The van der Waals surface area contributed by atoms with Gasteiger partial charge >= 0.3 is 0 Å². The molecule has 1 aliphatic heterocycles. The van der Waals surface area contributed by atoms with E-state index in [-0.39, 0.29) is 24.0 Å². The Morgan fingerprint density at radius 3 is 2.58 bits per heavy atom. The molecule has 0 radical (unpaired) electrons. The second-order valence-electron chi connectivity index (χ2n) is 7.35. The van der Waals surface area contributed by atoms with E-state index in [0.29, 0.717) is 25.8 Å². The quantitative estimate of drug-likeness (QED) is 0.285. The van der Waals surface area contributed by atoms with Crippen LogP contribution in [-0.2, 0) is 17.9 Å². The third-order valence-corrected chi connectivity index (χ3v) is 5.29. The number of anilines is 1. The number of halogens is 1. The predicted molar refractivity (Wildman–Crippen MR) is 139 cm³/mol. The van der Waals surface area contributed by atoms with E-state index >= 15 is 0 Å². The summed E-state index contributed by atoms with van der Waals surface area (Å²) < 4.78 is 11.1. The molecular weight excluding hydrogens is 503 g/mol. The van der Waals surface area contributed by atoms with E-state index in [1.807, 2.05) is 19.1 Å². The van der Waals surface area contributed by atoms with Crippen LogP contribution < -0.4 is 20.3 Å². The molecule has 170 valence electrons. The molecule has 6 nitrogen and oxygen atoms in total. The molecule has 1 aliphatic rings. The average molecular weight is 538 g/mol. The Kier molecular flexibility index (Phi) is 10.9. The minimum Gasteiger partial charge on any atom is -0.495 e. The Bertz CT molecular complexity index is 831. The summed E-state index contributed by atoms with van der Waals surface area (Å²) in [5.41, 5.74) is 3.54. The molecule has 2 aromatic carbocycles. The second-order valence-corrected chi connectivity index (χ2v) is 7.35. The number of aliphatic imine (C=N–C) groups is 1. The lowest BCUT2D eigenvalue weighted by Crippen LogP contribution is -2.44. The van der Waals surface area contributed by atoms with Gasteiger partial charge in [-0.05, 0) is 43.5 Å². The molecule has 1 atom stereocenters. The molecule has 0 saturated carbocycles. The minimum atomic E-state index is 0. The number of ether oxygens (including phenoxy) is 2. The van der Waals surface area contributed by atoms with Gasteiger partial charge in [-0.1, -0.05) is 36.4 Å². The van der Waals surface area contributed by atoms with Crippen molar-refractivity contribution in [2.75, 3.05) is 38.3 Å². The van der Waals surface area contributed by atoms with Gasteiger partial charge in [-0.25, -0.2) is 4.99 Å². The minimum absolute atomic E-state index is 0. The van der Waals surface area contributed by atoms with Crippen molar-refractivity contribution in [3.63, 3.8) is 0 Å². The van der Waals surface area contributed by atoms with Crippen LogP contribution >= 0.6 is 24.0 Å². The predicted octanol–water partition coefficient (Wildman–Crippen LogP) is 4.18. The fourth-order valence-electron chi connectivity index (χ4n) is 3.73. The van der Waals surface area contributed by atoms with Crippen LogP contribution in [0.2, 0.25) is 0 Å². The number of nitrogens with one attached hydrogen (secondary N) is 2. The molecule has 3 rings (SSSR count). The third-order valence-electron chi connectivity index (χ3n) is 5.29. The Labute approximate surface area is 203 Å². The molecular formula is C24H35IN4O2. The summed E-state index contributed by atoms with van der Waals surface area (Å²) in [4.78, 5) is 7.22. The summed E-state index contributed by atoms with van der Waals surface area (Å²) in [6, 6.07) is 16.9. The van der Waals surface area contributed by atoms with E-state index in [0.717, 1.165) is 43.5 Å². The Morgan fingerprint density at radius 1 is 1.10 bits per heavy atom. The molecule has 31 heavy (non-hydrogen) atoms. The number of benzene rings is 2. The molecule has 1 saturated heterocycles. The van der Waals surface area contributed by atoms with Crippen molar-refractivity contribution in [1.29, 1.82) is 0 Å². The van der Waals surface area contributed by atoms with E-state index in [2.05, 4.69) is 58.9 Å². The molecule has 0 spiro atoms. The maximum atomic E-state index is 5.60. The van der Waals surface area contributed by atoms with Gasteiger partial charge in [0.15, 0.2) is 5.96 Å². The van der Waals surface area contributed by atoms with Crippen molar-refractivity contribution in [3.05, 3.63) is 59.7 Å². The van der Waals surface area contributed by atoms with Crippen LogP contribution in [0.3, 0.4) is 0 Å². The molecule has 2 aromatic rings. The van der Waals surface area contributed by atoms with Crippen LogP contribution in [0.4, 0.5) is 5.69 Å². The summed E-state index contributed by atoms with van der Waals surface area (Å²) in [5, 5.41) is 7.00. The maximum absolute atomic E-state index is 5.60. The highest BCUT2D eigenvalue weighted by Gasteiger charge is 2.25. The first-order valence-electron chi connectivity index (χ1n) is 10.8. The van der Waals surface area contributed by atoms with Gasteiger partial charge in [-0.2, -0.15) is 0 Å². The lowest BCUT2D eigenvalue weighted by molar-refractivity contribution is 0.133. The zero-order valence-corrected chi connectivity index (χ0v) is 21.1. The molecule has 1 fully saturated rings. The van der Waals surface area contributed by atoms with Crippen molar-refractivity contribution in [2.24, 2.45) is 4.99 Å². The first-order valence-corrected chi connectivity index (χ1v) is 10.8. The molecule has 1 unspecified atom stereocenters. The highest BCUT2D eigenvalue weighted by atomic mass is 127. The first kappa shape index (κ1) is 25.3. The molecule has 0 aromatic heterocycles. The number of guanidine groups is 1. The van der Waals surface area contributed by atoms with Crippen molar-refractivity contribution < 1.29 is 9.47 Å². The normalized spacial score (nSPS) is 16.0. The lowest BCUT2D eigenvalue weighted by atomic mass is 10.1. The molecule has 0 bridgehead atoms. The fourth-order valence-corrected chi connectivity index (χ4v) is 3.73. The Hall–Kier alpha value is -2.00. The molecule has 0 aliphatic carbocycles. The Balaban J connectivity index is 0.00000341. The number of hydrogen-bond donors (Lipinski definition) is 2. The number of para-hydroxylation sites is 2. The number of hydrogen-bond acceptors (Lipinski definition) is 4. The average Bonchev–Trinajstić information content (AvgIpc) is 3.25. The van der Waals surface area contributed by atoms with Crippen LogP contribution in [0.25, 0.3) is 0 Å². The van der Waals surface area contributed by atoms with Crippen LogP contribution in [0, 0.1) is 0 Å². The van der Waals surface area contributed by atoms with Crippen molar-refractivity contribution in [3.8, 4) is 5.75 Å². The highest BCUT2D eigenvalue weighted by molar-refractivity contribution is 14.0. The topological polar surface area (TPSA) is 58.1 Å². The standard InChI is InChI=1S/C24H34N4O2.HI/c1-4-25-24(26-16-19-10-6-7-11-20(19)18-30-5-2)27-21-14-15-28(17-21)22-12-8-9-13-23(22)29-3;/h6-13,21H,4-5,14-18H2,1-3H3,(H2,25,26,27);1H. The van der Waals surface area contributed by atoms with Crippen LogP contribution in [0.1, 0.15) is 31.4 Å². The largest absolute Gasteiger partial charge is 0.495 e. The zero-order chi connectivity index (χ0) is 21.2.